The Labute approximate surface area is 111 Å². The molecule has 1 amide bonds. The van der Waals surface area contributed by atoms with Gasteiger partial charge < -0.3 is 10.6 Å². The fraction of sp³-hybridized carbons (Fsp3) is 0.929. The maximum Gasteiger partial charge on any atom is 0.221 e. The van der Waals surface area contributed by atoms with E-state index >= 15 is 0 Å². The summed E-state index contributed by atoms with van der Waals surface area (Å²) in [5.74, 6) is 0.141. The standard InChI is InChI=1S/C14H29N3O/c1-11(17(5)12-6-7-12)10-15-13(18)8-9-16-14(2,3)4/h11-12,16H,6-10H2,1-5H3,(H,15,18). The van der Waals surface area contributed by atoms with Crippen LogP contribution in [0.2, 0.25) is 0 Å². The zero-order chi connectivity index (χ0) is 13.8. The van der Waals surface area contributed by atoms with Crippen molar-refractivity contribution < 1.29 is 4.79 Å². The molecule has 0 spiro atoms. The zero-order valence-corrected chi connectivity index (χ0v) is 12.5. The average molecular weight is 255 g/mol. The lowest BCUT2D eigenvalue weighted by molar-refractivity contribution is -0.121. The van der Waals surface area contributed by atoms with Crippen molar-refractivity contribution in [2.24, 2.45) is 0 Å². The van der Waals surface area contributed by atoms with Crippen LogP contribution in [0, 0.1) is 0 Å². The molecule has 0 heterocycles. The molecule has 0 bridgehead atoms. The molecular weight excluding hydrogens is 226 g/mol. The minimum atomic E-state index is 0.0831. The van der Waals surface area contributed by atoms with Crippen LogP contribution < -0.4 is 10.6 Å². The summed E-state index contributed by atoms with van der Waals surface area (Å²) in [5.41, 5.74) is 0.0831. The van der Waals surface area contributed by atoms with E-state index in [1.165, 1.54) is 12.8 Å². The van der Waals surface area contributed by atoms with E-state index in [2.05, 4.69) is 50.3 Å². The van der Waals surface area contributed by atoms with E-state index in [9.17, 15) is 4.79 Å². The molecule has 2 N–H and O–H groups in total. The van der Waals surface area contributed by atoms with Crippen molar-refractivity contribution in [1.29, 1.82) is 0 Å². The van der Waals surface area contributed by atoms with Gasteiger partial charge in [0.2, 0.25) is 5.91 Å². The molecule has 1 fully saturated rings. The largest absolute Gasteiger partial charge is 0.355 e. The van der Waals surface area contributed by atoms with Crippen molar-refractivity contribution in [3.8, 4) is 0 Å². The molecule has 1 rings (SSSR count). The van der Waals surface area contributed by atoms with E-state index in [-0.39, 0.29) is 11.4 Å². The highest BCUT2D eigenvalue weighted by Gasteiger charge is 2.29. The van der Waals surface area contributed by atoms with E-state index in [0.717, 1.165) is 19.1 Å². The maximum atomic E-state index is 11.7. The molecule has 106 valence electrons. The van der Waals surface area contributed by atoms with Gasteiger partial charge in [0.1, 0.15) is 0 Å². The number of nitrogens with zero attached hydrogens (tertiary/aromatic N) is 1. The lowest BCUT2D eigenvalue weighted by Crippen LogP contribution is -2.42. The van der Waals surface area contributed by atoms with Crippen molar-refractivity contribution in [2.75, 3.05) is 20.1 Å². The smallest absolute Gasteiger partial charge is 0.221 e. The number of rotatable bonds is 7. The van der Waals surface area contributed by atoms with Crippen molar-refractivity contribution in [3.63, 3.8) is 0 Å². The summed E-state index contributed by atoms with van der Waals surface area (Å²) in [7, 11) is 2.15. The zero-order valence-electron chi connectivity index (χ0n) is 12.5. The Morgan fingerprint density at radius 1 is 1.39 bits per heavy atom. The van der Waals surface area contributed by atoms with Crippen molar-refractivity contribution >= 4 is 5.91 Å². The predicted octanol–water partition coefficient (Wildman–Crippen LogP) is 1.36. The van der Waals surface area contributed by atoms with Gasteiger partial charge in [-0.15, -0.1) is 0 Å². The van der Waals surface area contributed by atoms with Gasteiger partial charge in [0.15, 0.2) is 0 Å². The Morgan fingerprint density at radius 3 is 2.50 bits per heavy atom. The summed E-state index contributed by atoms with van der Waals surface area (Å²) in [6.07, 6.45) is 3.17. The first-order valence-corrected chi connectivity index (χ1v) is 7.03. The normalized spacial score (nSPS) is 17.9. The fourth-order valence-corrected chi connectivity index (χ4v) is 1.89. The van der Waals surface area contributed by atoms with Crippen LogP contribution in [0.25, 0.3) is 0 Å². The first-order chi connectivity index (χ1) is 8.29. The van der Waals surface area contributed by atoms with Crippen LogP contribution in [0.3, 0.4) is 0 Å². The van der Waals surface area contributed by atoms with Gasteiger partial charge in [0, 0.05) is 37.1 Å². The number of amides is 1. The Morgan fingerprint density at radius 2 is 2.00 bits per heavy atom. The molecule has 4 nitrogen and oxygen atoms in total. The van der Waals surface area contributed by atoms with Gasteiger partial charge in [-0.1, -0.05) is 0 Å². The highest BCUT2D eigenvalue weighted by molar-refractivity contribution is 5.76. The predicted molar refractivity (Wildman–Crippen MR) is 75.6 cm³/mol. The molecule has 0 aromatic heterocycles. The molecule has 1 saturated carbocycles. The van der Waals surface area contributed by atoms with Crippen LogP contribution in [-0.4, -0.2) is 48.6 Å². The SMILES string of the molecule is CC(CNC(=O)CCNC(C)(C)C)N(C)C1CC1. The fourth-order valence-electron chi connectivity index (χ4n) is 1.89. The van der Waals surface area contributed by atoms with Crippen LogP contribution in [0.4, 0.5) is 0 Å². The number of carbonyl (C=O) groups is 1. The van der Waals surface area contributed by atoms with E-state index in [0.29, 0.717) is 12.5 Å². The van der Waals surface area contributed by atoms with Gasteiger partial charge in [-0.25, -0.2) is 0 Å². The Hall–Kier alpha value is -0.610. The molecule has 1 aliphatic rings. The molecule has 0 aromatic carbocycles. The summed E-state index contributed by atoms with van der Waals surface area (Å²) in [5, 5.41) is 6.33. The van der Waals surface area contributed by atoms with E-state index < -0.39 is 0 Å². The van der Waals surface area contributed by atoms with Gasteiger partial charge in [-0.05, 0) is 47.6 Å². The minimum absolute atomic E-state index is 0.0831. The Bertz CT molecular complexity index is 269. The third kappa shape index (κ3) is 6.36. The summed E-state index contributed by atoms with van der Waals surface area (Å²) in [6.45, 7) is 9.99. The summed E-state index contributed by atoms with van der Waals surface area (Å²) >= 11 is 0. The number of nitrogens with one attached hydrogen (secondary N) is 2. The molecular formula is C14H29N3O. The number of hydrogen-bond donors (Lipinski definition) is 2. The first kappa shape index (κ1) is 15.4. The Kier molecular flexibility index (Phi) is 5.60. The quantitative estimate of drug-likeness (QED) is 0.722. The maximum absolute atomic E-state index is 11.7. The van der Waals surface area contributed by atoms with Crippen LogP contribution in [0.15, 0.2) is 0 Å². The molecule has 0 aromatic rings. The Balaban J connectivity index is 2.09. The molecule has 18 heavy (non-hydrogen) atoms. The van der Waals surface area contributed by atoms with Gasteiger partial charge in [-0.3, -0.25) is 9.69 Å². The average Bonchev–Trinajstić information content (AvgIpc) is 3.06. The van der Waals surface area contributed by atoms with Crippen LogP contribution >= 0.6 is 0 Å². The summed E-state index contributed by atoms with van der Waals surface area (Å²) in [6, 6.07) is 1.18. The highest BCUT2D eigenvalue weighted by atomic mass is 16.1. The highest BCUT2D eigenvalue weighted by Crippen LogP contribution is 2.26. The van der Waals surface area contributed by atoms with Crippen LogP contribution in [0.1, 0.15) is 47.0 Å². The van der Waals surface area contributed by atoms with Crippen molar-refractivity contribution in [3.05, 3.63) is 0 Å². The monoisotopic (exact) mass is 255 g/mol. The van der Waals surface area contributed by atoms with Gasteiger partial charge >= 0.3 is 0 Å². The molecule has 0 aliphatic heterocycles. The number of carbonyl (C=O) groups excluding carboxylic acids is 1. The topological polar surface area (TPSA) is 44.4 Å². The van der Waals surface area contributed by atoms with Gasteiger partial charge in [0.05, 0.1) is 0 Å². The van der Waals surface area contributed by atoms with Gasteiger partial charge in [0.25, 0.3) is 0 Å². The molecule has 1 unspecified atom stereocenters. The second-order valence-electron chi connectivity index (χ2n) is 6.48. The molecule has 4 heteroatoms. The third-order valence-corrected chi connectivity index (χ3v) is 3.42. The molecule has 0 saturated heterocycles. The minimum Gasteiger partial charge on any atom is -0.355 e. The van der Waals surface area contributed by atoms with Crippen LogP contribution in [0.5, 0.6) is 0 Å². The van der Waals surface area contributed by atoms with Crippen molar-refractivity contribution in [1.82, 2.24) is 15.5 Å². The molecule has 0 radical (unpaired) electrons. The number of hydrogen-bond acceptors (Lipinski definition) is 3. The third-order valence-electron chi connectivity index (χ3n) is 3.42. The van der Waals surface area contributed by atoms with Gasteiger partial charge in [-0.2, -0.15) is 0 Å². The van der Waals surface area contributed by atoms with E-state index in [1.54, 1.807) is 0 Å². The molecule has 1 aliphatic carbocycles. The van der Waals surface area contributed by atoms with E-state index in [4.69, 9.17) is 0 Å². The van der Waals surface area contributed by atoms with Crippen LogP contribution in [-0.2, 0) is 4.79 Å². The van der Waals surface area contributed by atoms with Crippen molar-refractivity contribution in [2.45, 2.75) is 64.6 Å². The van der Waals surface area contributed by atoms with E-state index in [1.807, 2.05) is 0 Å². The molecule has 1 atom stereocenters. The lowest BCUT2D eigenvalue weighted by Gasteiger charge is -2.25. The summed E-state index contributed by atoms with van der Waals surface area (Å²) < 4.78 is 0. The lowest BCUT2D eigenvalue weighted by atomic mass is 10.1. The second-order valence-corrected chi connectivity index (χ2v) is 6.48. The number of likely N-dealkylation sites (N-methyl/N-ethyl adjacent to an activating group) is 1. The second kappa shape index (κ2) is 6.53. The first-order valence-electron chi connectivity index (χ1n) is 7.03. The summed E-state index contributed by atoms with van der Waals surface area (Å²) in [4.78, 5) is 14.0.